The molecule has 3 nitrogen and oxygen atoms in total. The number of halogens is 1. The zero-order valence-electron chi connectivity index (χ0n) is 12.6. The standard InChI is InChI=1S/C16H22FN3/c1-11(9-14-5-7-15(17)8-6-14)18-10-16-12(2)19-20(4)13(16)3/h5-8,11,18H,9-10H2,1-4H3. The van der Waals surface area contributed by atoms with E-state index in [1.54, 1.807) is 0 Å². The monoisotopic (exact) mass is 275 g/mol. The van der Waals surface area contributed by atoms with Crippen LogP contribution in [0.15, 0.2) is 24.3 Å². The van der Waals surface area contributed by atoms with Gasteiger partial charge in [-0.2, -0.15) is 5.10 Å². The minimum Gasteiger partial charge on any atom is -0.310 e. The number of aryl methyl sites for hydroxylation is 2. The van der Waals surface area contributed by atoms with Crippen molar-refractivity contribution in [2.45, 2.75) is 39.8 Å². The van der Waals surface area contributed by atoms with Crippen LogP contribution in [0.1, 0.15) is 29.4 Å². The van der Waals surface area contributed by atoms with E-state index in [2.05, 4.69) is 24.3 Å². The molecule has 0 saturated heterocycles. The van der Waals surface area contributed by atoms with Gasteiger partial charge in [-0.25, -0.2) is 4.39 Å². The fourth-order valence-electron chi connectivity index (χ4n) is 2.40. The van der Waals surface area contributed by atoms with Crippen molar-refractivity contribution in [2.75, 3.05) is 0 Å². The highest BCUT2D eigenvalue weighted by molar-refractivity contribution is 5.24. The third-order valence-corrected chi connectivity index (χ3v) is 3.74. The van der Waals surface area contributed by atoms with E-state index in [1.807, 2.05) is 30.8 Å². The van der Waals surface area contributed by atoms with Crippen molar-refractivity contribution in [2.24, 2.45) is 7.05 Å². The molecule has 4 heteroatoms. The number of hydrogen-bond acceptors (Lipinski definition) is 2. The van der Waals surface area contributed by atoms with Gasteiger partial charge in [-0.3, -0.25) is 4.68 Å². The zero-order chi connectivity index (χ0) is 14.7. The fraction of sp³-hybridized carbons (Fsp3) is 0.438. The normalized spacial score (nSPS) is 12.7. The van der Waals surface area contributed by atoms with E-state index in [-0.39, 0.29) is 5.82 Å². The molecule has 0 bridgehead atoms. The van der Waals surface area contributed by atoms with Crippen LogP contribution in [0.4, 0.5) is 4.39 Å². The first kappa shape index (κ1) is 14.7. The highest BCUT2D eigenvalue weighted by atomic mass is 19.1. The first-order valence-corrected chi connectivity index (χ1v) is 6.94. The number of nitrogens with zero attached hydrogens (tertiary/aromatic N) is 2. The summed E-state index contributed by atoms with van der Waals surface area (Å²) < 4.78 is 14.8. The maximum Gasteiger partial charge on any atom is 0.123 e. The molecule has 0 aliphatic heterocycles. The van der Waals surface area contributed by atoms with Crippen molar-refractivity contribution in [3.05, 3.63) is 52.6 Å². The second-order valence-electron chi connectivity index (χ2n) is 5.39. The molecule has 2 aromatic rings. The molecule has 0 fully saturated rings. The van der Waals surface area contributed by atoms with E-state index >= 15 is 0 Å². The predicted molar refractivity (Wildman–Crippen MR) is 79.1 cm³/mol. The average molecular weight is 275 g/mol. The topological polar surface area (TPSA) is 29.9 Å². The summed E-state index contributed by atoms with van der Waals surface area (Å²) in [6.45, 7) is 7.08. The molecule has 0 aliphatic carbocycles. The Labute approximate surface area is 119 Å². The van der Waals surface area contributed by atoms with Crippen molar-refractivity contribution in [1.29, 1.82) is 0 Å². The summed E-state index contributed by atoms with van der Waals surface area (Å²) in [5.74, 6) is -0.184. The van der Waals surface area contributed by atoms with Crippen LogP contribution in [0.25, 0.3) is 0 Å². The minimum atomic E-state index is -0.184. The van der Waals surface area contributed by atoms with Crippen molar-refractivity contribution < 1.29 is 4.39 Å². The lowest BCUT2D eigenvalue weighted by Gasteiger charge is -2.14. The summed E-state index contributed by atoms with van der Waals surface area (Å²) >= 11 is 0. The maximum atomic E-state index is 12.9. The van der Waals surface area contributed by atoms with Gasteiger partial charge in [0, 0.05) is 30.9 Å². The first-order valence-electron chi connectivity index (χ1n) is 6.94. The number of aromatic nitrogens is 2. The second-order valence-corrected chi connectivity index (χ2v) is 5.39. The Morgan fingerprint density at radius 1 is 1.25 bits per heavy atom. The molecular formula is C16H22FN3. The minimum absolute atomic E-state index is 0.184. The van der Waals surface area contributed by atoms with Gasteiger partial charge in [0.2, 0.25) is 0 Å². The van der Waals surface area contributed by atoms with Gasteiger partial charge in [0.15, 0.2) is 0 Å². The van der Waals surface area contributed by atoms with Crippen LogP contribution in [0, 0.1) is 19.7 Å². The van der Waals surface area contributed by atoms with Crippen LogP contribution >= 0.6 is 0 Å². The van der Waals surface area contributed by atoms with Crippen LogP contribution in [0.5, 0.6) is 0 Å². The summed E-state index contributed by atoms with van der Waals surface area (Å²) in [5, 5.41) is 7.93. The first-order chi connectivity index (χ1) is 9.47. The molecule has 1 N–H and O–H groups in total. The molecule has 20 heavy (non-hydrogen) atoms. The van der Waals surface area contributed by atoms with Crippen LogP contribution < -0.4 is 5.32 Å². The third kappa shape index (κ3) is 3.45. The molecule has 1 heterocycles. The molecule has 108 valence electrons. The number of nitrogens with one attached hydrogen (secondary N) is 1. The van der Waals surface area contributed by atoms with Gasteiger partial charge in [0.1, 0.15) is 5.82 Å². The molecule has 1 aromatic carbocycles. The Bertz CT molecular complexity index is 572. The van der Waals surface area contributed by atoms with E-state index in [1.165, 1.54) is 23.4 Å². The van der Waals surface area contributed by atoms with Crippen LogP contribution in [-0.4, -0.2) is 15.8 Å². The van der Waals surface area contributed by atoms with E-state index < -0.39 is 0 Å². The second kappa shape index (κ2) is 6.18. The van der Waals surface area contributed by atoms with Gasteiger partial charge >= 0.3 is 0 Å². The Morgan fingerprint density at radius 3 is 2.45 bits per heavy atom. The average Bonchev–Trinajstić information content (AvgIpc) is 2.64. The van der Waals surface area contributed by atoms with Crippen LogP contribution in [0.3, 0.4) is 0 Å². The van der Waals surface area contributed by atoms with E-state index in [4.69, 9.17) is 0 Å². The molecule has 2 rings (SSSR count). The van der Waals surface area contributed by atoms with E-state index in [9.17, 15) is 4.39 Å². The van der Waals surface area contributed by atoms with E-state index in [0.29, 0.717) is 6.04 Å². The molecule has 0 radical (unpaired) electrons. The lowest BCUT2D eigenvalue weighted by atomic mass is 10.1. The summed E-state index contributed by atoms with van der Waals surface area (Å²) in [6, 6.07) is 7.04. The van der Waals surface area contributed by atoms with Crippen LogP contribution in [-0.2, 0) is 20.0 Å². The summed E-state index contributed by atoms with van der Waals surface area (Å²) in [6.07, 6.45) is 0.888. The Kier molecular flexibility index (Phi) is 4.55. The maximum absolute atomic E-state index is 12.9. The fourth-order valence-corrected chi connectivity index (χ4v) is 2.40. The van der Waals surface area contributed by atoms with Gasteiger partial charge in [-0.15, -0.1) is 0 Å². The molecule has 0 aliphatic rings. The number of rotatable bonds is 5. The summed E-state index contributed by atoms with van der Waals surface area (Å²) in [7, 11) is 1.97. The van der Waals surface area contributed by atoms with Crippen molar-refractivity contribution >= 4 is 0 Å². The van der Waals surface area contributed by atoms with Gasteiger partial charge in [-0.05, 0) is 44.9 Å². The molecule has 0 amide bonds. The van der Waals surface area contributed by atoms with Gasteiger partial charge in [-0.1, -0.05) is 12.1 Å². The smallest absolute Gasteiger partial charge is 0.123 e. The van der Waals surface area contributed by atoms with Crippen LogP contribution in [0.2, 0.25) is 0 Å². The van der Waals surface area contributed by atoms with E-state index in [0.717, 1.165) is 24.2 Å². The molecule has 0 saturated carbocycles. The molecule has 0 spiro atoms. The predicted octanol–water partition coefficient (Wildman–Crippen LogP) is 2.90. The SMILES string of the molecule is Cc1nn(C)c(C)c1CNC(C)Cc1ccc(F)cc1. The van der Waals surface area contributed by atoms with Crippen molar-refractivity contribution in [3.8, 4) is 0 Å². The zero-order valence-corrected chi connectivity index (χ0v) is 12.6. The summed E-state index contributed by atoms with van der Waals surface area (Å²) in [5.41, 5.74) is 4.68. The quantitative estimate of drug-likeness (QED) is 0.909. The van der Waals surface area contributed by atoms with Crippen molar-refractivity contribution in [3.63, 3.8) is 0 Å². The molecule has 1 aromatic heterocycles. The Morgan fingerprint density at radius 2 is 1.90 bits per heavy atom. The molecular weight excluding hydrogens is 253 g/mol. The third-order valence-electron chi connectivity index (χ3n) is 3.74. The number of benzene rings is 1. The highest BCUT2D eigenvalue weighted by Gasteiger charge is 2.10. The van der Waals surface area contributed by atoms with Gasteiger partial charge in [0.05, 0.1) is 5.69 Å². The number of hydrogen-bond donors (Lipinski definition) is 1. The molecule has 1 unspecified atom stereocenters. The lowest BCUT2D eigenvalue weighted by molar-refractivity contribution is 0.542. The van der Waals surface area contributed by atoms with Gasteiger partial charge < -0.3 is 5.32 Å². The Balaban J connectivity index is 1.92. The highest BCUT2D eigenvalue weighted by Crippen LogP contribution is 2.12. The Hall–Kier alpha value is -1.68. The largest absolute Gasteiger partial charge is 0.310 e. The molecule has 1 atom stereocenters. The lowest BCUT2D eigenvalue weighted by Crippen LogP contribution is -2.28. The van der Waals surface area contributed by atoms with Crippen molar-refractivity contribution in [1.82, 2.24) is 15.1 Å². The summed E-state index contributed by atoms with van der Waals surface area (Å²) in [4.78, 5) is 0. The van der Waals surface area contributed by atoms with Gasteiger partial charge in [0.25, 0.3) is 0 Å².